The summed E-state index contributed by atoms with van der Waals surface area (Å²) in [6.07, 6.45) is 13.2. The van der Waals surface area contributed by atoms with Gasteiger partial charge in [0.15, 0.2) is 0 Å². The average Bonchev–Trinajstić information content (AvgIpc) is 2.63. The first-order valence-corrected chi connectivity index (χ1v) is 5.24. The van der Waals surface area contributed by atoms with Gasteiger partial charge < -0.3 is 4.42 Å². The number of unbranched alkanes of at least 4 members (excludes halogenated alkanes) is 5. The van der Waals surface area contributed by atoms with Gasteiger partial charge >= 0.3 is 0 Å². The summed E-state index contributed by atoms with van der Waals surface area (Å²) in [6.45, 7) is 2.24. The van der Waals surface area contributed by atoms with Crippen LogP contribution in [0.3, 0.4) is 0 Å². The highest BCUT2D eigenvalue weighted by Gasteiger charge is 1.96. The van der Waals surface area contributed by atoms with Gasteiger partial charge in [-0.25, -0.2) is 4.98 Å². The van der Waals surface area contributed by atoms with Gasteiger partial charge in [0, 0.05) is 0 Å². The third-order valence-corrected chi connectivity index (χ3v) is 2.22. The fourth-order valence-corrected chi connectivity index (χ4v) is 1.41. The van der Waals surface area contributed by atoms with Crippen molar-refractivity contribution < 1.29 is 4.42 Å². The average molecular weight is 180 g/mol. The first-order valence-electron chi connectivity index (χ1n) is 5.24. The Bertz CT molecular complexity index is 194. The third kappa shape index (κ3) is 4.71. The van der Waals surface area contributed by atoms with Gasteiger partial charge in [0.25, 0.3) is 6.39 Å². The summed E-state index contributed by atoms with van der Waals surface area (Å²) in [5, 5.41) is 0. The Hall–Kier alpha value is -0.790. The molecule has 0 spiro atoms. The number of oxazole rings is 1. The molecule has 0 amide bonds. The second-order valence-corrected chi connectivity index (χ2v) is 3.45. The van der Waals surface area contributed by atoms with E-state index in [2.05, 4.69) is 18.3 Å². The molecule has 0 N–H and O–H groups in total. The Morgan fingerprint density at radius 1 is 1.23 bits per heavy atom. The highest BCUT2D eigenvalue weighted by molar-refractivity contribution is 4.89. The highest BCUT2D eigenvalue weighted by Crippen LogP contribution is 2.08. The Kier molecular flexibility index (Phi) is 5.30. The van der Waals surface area contributed by atoms with Crippen molar-refractivity contribution in [1.82, 2.24) is 4.98 Å². The number of hydrogen-bond donors (Lipinski definition) is 0. The molecule has 0 saturated heterocycles. The SMILES string of the molecule is CCCCCCCCc1co[c]n1. The monoisotopic (exact) mass is 180 g/mol. The number of rotatable bonds is 7. The zero-order valence-corrected chi connectivity index (χ0v) is 8.38. The fraction of sp³-hybridized carbons (Fsp3) is 0.727. The van der Waals surface area contributed by atoms with Crippen LogP contribution in [0.15, 0.2) is 10.7 Å². The maximum absolute atomic E-state index is 4.77. The second kappa shape index (κ2) is 6.70. The minimum absolute atomic E-state index is 1.04. The molecule has 1 rings (SSSR count). The second-order valence-electron chi connectivity index (χ2n) is 3.45. The molecule has 0 aliphatic heterocycles. The zero-order chi connectivity index (χ0) is 9.36. The molecular weight excluding hydrogens is 162 g/mol. The maximum atomic E-state index is 4.77. The molecule has 0 aliphatic rings. The lowest BCUT2D eigenvalue weighted by Crippen LogP contribution is -1.85. The normalized spacial score (nSPS) is 10.5. The highest BCUT2D eigenvalue weighted by atomic mass is 16.3. The summed E-state index contributed by atoms with van der Waals surface area (Å²) in [6, 6.07) is 0. The summed E-state index contributed by atoms with van der Waals surface area (Å²) >= 11 is 0. The molecule has 1 heterocycles. The van der Waals surface area contributed by atoms with Gasteiger partial charge in [-0.2, -0.15) is 0 Å². The summed E-state index contributed by atoms with van der Waals surface area (Å²) in [7, 11) is 0. The van der Waals surface area contributed by atoms with Gasteiger partial charge in [-0.3, -0.25) is 0 Å². The first kappa shape index (κ1) is 10.3. The smallest absolute Gasteiger partial charge is 0.283 e. The summed E-state index contributed by atoms with van der Waals surface area (Å²) in [4.78, 5) is 3.96. The van der Waals surface area contributed by atoms with Crippen LogP contribution < -0.4 is 0 Å². The third-order valence-electron chi connectivity index (χ3n) is 2.22. The Labute approximate surface area is 80.4 Å². The van der Waals surface area contributed by atoms with E-state index in [9.17, 15) is 0 Å². The van der Waals surface area contributed by atoms with Crippen molar-refractivity contribution in [3.8, 4) is 0 Å². The molecule has 0 saturated carbocycles. The van der Waals surface area contributed by atoms with Crippen molar-refractivity contribution in [2.24, 2.45) is 0 Å². The lowest BCUT2D eigenvalue weighted by Gasteiger charge is -1.97. The van der Waals surface area contributed by atoms with E-state index in [4.69, 9.17) is 4.42 Å². The molecular formula is C11H18NO. The molecule has 1 aromatic rings. The predicted molar refractivity (Wildman–Crippen MR) is 52.4 cm³/mol. The van der Waals surface area contributed by atoms with Crippen molar-refractivity contribution in [1.29, 1.82) is 0 Å². The van der Waals surface area contributed by atoms with Crippen molar-refractivity contribution in [2.45, 2.75) is 51.9 Å². The van der Waals surface area contributed by atoms with Crippen LogP contribution in [0.25, 0.3) is 0 Å². The van der Waals surface area contributed by atoms with Gasteiger partial charge in [0.05, 0.1) is 5.69 Å². The van der Waals surface area contributed by atoms with E-state index >= 15 is 0 Å². The molecule has 73 valence electrons. The van der Waals surface area contributed by atoms with Crippen LogP contribution in [0.1, 0.15) is 51.1 Å². The largest absolute Gasteiger partial charge is 0.441 e. The lowest BCUT2D eigenvalue weighted by atomic mass is 10.1. The van der Waals surface area contributed by atoms with E-state index in [1.807, 2.05) is 0 Å². The van der Waals surface area contributed by atoms with Crippen molar-refractivity contribution in [3.63, 3.8) is 0 Å². The molecule has 0 bridgehead atoms. The van der Waals surface area contributed by atoms with Gasteiger partial charge in [-0.15, -0.1) is 0 Å². The summed E-state index contributed by atoms with van der Waals surface area (Å²) in [5.41, 5.74) is 1.04. The van der Waals surface area contributed by atoms with E-state index in [-0.39, 0.29) is 0 Å². The topological polar surface area (TPSA) is 26.0 Å². The number of hydrogen-bond acceptors (Lipinski definition) is 2. The lowest BCUT2D eigenvalue weighted by molar-refractivity contribution is 0.545. The van der Waals surface area contributed by atoms with Gasteiger partial charge in [0.1, 0.15) is 6.26 Å². The molecule has 0 atom stereocenters. The fourth-order valence-electron chi connectivity index (χ4n) is 1.41. The number of aryl methyl sites for hydroxylation is 1. The van der Waals surface area contributed by atoms with Gasteiger partial charge in [-0.05, 0) is 12.8 Å². The van der Waals surface area contributed by atoms with Crippen molar-refractivity contribution in [3.05, 3.63) is 18.4 Å². The molecule has 1 radical (unpaired) electrons. The summed E-state index contributed by atoms with van der Waals surface area (Å²) < 4.78 is 4.77. The van der Waals surface area contributed by atoms with Crippen LogP contribution in [-0.4, -0.2) is 4.98 Å². The molecule has 2 nitrogen and oxygen atoms in total. The van der Waals surface area contributed by atoms with E-state index in [1.54, 1.807) is 6.26 Å². The zero-order valence-electron chi connectivity index (χ0n) is 8.38. The van der Waals surface area contributed by atoms with Crippen molar-refractivity contribution in [2.75, 3.05) is 0 Å². The molecule has 13 heavy (non-hydrogen) atoms. The molecule has 2 heteroatoms. The van der Waals surface area contributed by atoms with E-state index in [0.29, 0.717) is 0 Å². The molecule has 0 aromatic carbocycles. The minimum Gasteiger partial charge on any atom is -0.441 e. The standard InChI is InChI=1S/C11H18NO/c1-2-3-4-5-6-7-8-11-9-13-10-12-11/h9H,2-8H2,1H3. The molecule has 0 aliphatic carbocycles. The number of aromatic nitrogens is 1. The quantitative estimate of drug-likeness (QED) is 0.601. The molecule has 0 fully saturated rings. The van der Waals surface area contributed by atoms with Crippen LogP contribution in [0.4, 0.5) is 0 Å². The van der Waals surface area contributed by atoms with Gasteiger partial charge in [0.2, 0.25) is 0 Å². The van der Waals surface area contributed by atoms with Crippen LogP contribution in [0, 0.1) is 6.39 Å². The van der Waals surface area contributed by atoms with E-state index in [1.165, 1.54) is 38.5 Å². The minimum atomic E-state index is 1.04. The van der Waals surface area contributed by atoms with Crippen LogP contribution in [0.2, 0.25) is 0 Å². The van der Waals surface area contributed by atoms with Gasteiger partial charge in [-0.1, -0.05) is 39.0 Å². The first-order chi connectivity index (χ1) is 6.43. The van der Waals surface area contributed by atoms with Crippen molar-refractivity contribution >= 4 is 0 Å². The Morgan fingerprint density at radius 2 is 2.00 bits per heavy atom. The van der Waals surface area contributed by atoms with E-state index in [0.717, 1.165) is 12.1 Å². The van der Waals surface area contributed by atoms with Crippen LogP contribution in [-0.2, 0) is 6.42 Å². The number of nitrogens with zero attached hydrogens (tertiary/aromatic N) is 1. The Morgan fingerprint density at radius 3 is 2.69 bits per heavy atom. The Balaban J connectivity index is 1.90. The predicted octanol–water partition coefficient (Wildman–Crippen LogP) is 3.38. The van der Waals surface area contributed by atoms with Crippen LogP contribution >= 0.6 is 0 Å². The molecule has 0 unspecified atom stereocenters. The van der Waals surface area contributed by atoms with Crippen LogP contribution in [0.5, 0.6) is 0 Å². The molecule has 1 aromatic heterocycles. The summed E-state index contributed by atoms with van der Waals surface area (Å²) in [5.74, 6) is 0. The van der Waals surface area contributed by atoms with E-state index < -0.39 is 0 Å². The maximum Gasteiger partial charge on any atom is 0.283 e.